The minimum absolute atomic E-state index is 0.00127. The number of piperazine rings is 1. The molecule has 0 bridgehead atoms. The number of amides is 3. The van der Waals surface area contributed by atoms with E-state index in [1.807, 2.05) is 25.1 Å². The molecule has 3 aromatic rings. The molecular formula is C25H29N7O4. The summed E-state index contributed by atoms with van der Waals surface area (Å²) in [6.07, 6.45) is 5.13. The summed E-state index contributed by atoms with van der Waals surface area (Å²) in [6.45, 7) is 4.74. The van der Waals surface area contributed by atoms with Crippen LogP contribution in [0.5, 0.6) is 17.4 Å². The molecule has 1 saturated heterocycles. The van der Waals surface area contributed by atoms with E-state index < -0.39 is 6.03 Å². The van der Waals surface area contributed by atoms with Crippen molar-refractivity contribution >= 4 is 23.6 Å². The minimum Gasteiger partial charge on any atom is -0.493 e. The van der Waals surface area contributed by atoms with Gasteiger partial charge in [-0.3, -0.25) is 4.79 Å². The highest BCUT2D eigenvalue weighted by atomic mass is 16.5. The Labute approximate surface area is 209 Å². The van der Waals surface area contributed by atoms with Crippen molar-refractivity contribution in [2.45, 2.75) is 13.3 Å². The average Bonchev–Trinajstić information content (AvgIpc) is 2.91. The second-order valence-electron chi connectivity index (χ2n) is 8.19. The Bertz CT molecular complexity index is 1170. The number of nitrogens with zero attached hydrogens (tertiary/aromatic N) is 5. The number of carbonyl (C=O) groups is 2. The van der Waals surface area contributed by atoms with Crippen molar-refractivity contribution in [1.29, 1.82) is 0 Å². The Kier molecular flexibility index (Phi) is 8.12. The molecule has 11 heteroatoms. The number of rotatable bonds is 8. The summed E-state index contributed by atoms with van der Waals surface area (Å²) in [5.74, 6) is 2.20. The molecular weight excluding hydrogens is 462 g/mol. The molecule has 0 atom stereocenters. The van der Waals surface area contributed by atoms with Crippen LogP contribution >= 0.6 is 0 Å². The zero-order chi connectivity index (χ0) is 25.3. The molecule has 0 spiro atoms. The zero-order valence-corrected chi connectivity index (χ0v) is 20.3. The number of hydrogen-bond donors (Lipinski definition) is 2. The van der Waals surface area contributed by atoms with Crippen molar-refractivity contribution < 1.29 is 19.1 Å². The quantitative estimate of drug-likeness (QED) is 0.493. The van der Waals surface area contributed by atoms with Gasteiger partial charge in [-0.25, -0.2) is 19.7 Å². The molecule has 0 saturated carbocycles. The van der Waals surface area contributed by atoms with Gasteiger partial charge in [0, 0.05) is 57.6 Å². The van der Waals surface area contributed by atoms with Crippen LogP contribution < -0.4 is 25.0 Å². The number of urea groups is 1. The maximum Gasteiger partial charge on any atom is 0.319 e. The predicted molar refractivity (Wildman–Crippen MR) is 135 cm³/mol. The zero-order valence-electron chi connectivity index (χ0n) is 20.3. The number of pyridine rings is 1. The topological polar surface area (TPSA) is 122 Å². The summed E-state index contributed by atoms with van der Waals surface area (Å²) >= 11 is 0. The molecule has 0 radical (unpaired) electrons. The predicted octanol–water partition coefficient (Wildman–Crippen LogP) is 2.84. The maximum absolute atomic E-state index is 12.5. The van der Waals surface area contributed by atoms with Crippen LogP contribution in [0.3, 0.4) is 0 Å². The lowest BCUT2D eigenvalue weighted by Gasteiger charge is -2.34. The minimum atomic E-state index is -0.412. The van der Waals surface area contributed by atoms with E-state index in [1.165, 1.54) is 6.20 Å². The lowest BCUT2D eigenvalue weighted by Crippen LogP contribution is -2.49. The van der Waals surface area contributed by atoms with Crippen LogP contribution in [0.2, 0.25) is 0 Å². The number of aromatic nitrogens is 3. The van der Waals surface area contributed by atoms with Crippen molar-refractivity contribution in [1.82, 2.24) is 25.2 Å². The Morgan fingerprint density at radius 1 is 1.00 bits per heavy atom. The summed E-state index contributed by atoms with van der Waals surface area (Å²) in [5, 5.41) is 5.41. The van der Waals surface area contributed by atoms with Crippen LogP contribution in [0.4, 0.5) is 16.4 Å². The molecule has 4 rings (SSSR count). The van der Waals surface area contributed by atoms with Gasteiger partial charge in [0.05, 0.1) is 19.0 Å². The van der Waals surface area contributed by atoms with Crippen LogP contribution in [0.25, 0.3) is 0 Å². The van der Waals surface area contributed by atoms with Crippen LogP contribution in [0, 0.1) is 6.92 Å². The van der Waals surface area contributed by atoms with E-state index >= 15 is 0 Å². The second-order valence-corrected chi connectivity index (χ2v) is 8.19. The number of benzene rings is 1. The van der Waals surface area contributed by atoms with Crippen LogP contribution in [-0.4, -0.2) is 71.6 Å². The number of methoxy groups -OCH3 is 1. The smallest absolute Gasteiger partial charge is 0.319 e. The highest BCUT2D eigenvalue weighted by molar-refractivity contribution is 5.89. The molecule has 1 aliphatic rings. The lowest BCUT2D eigenvalue weighted by atomic mass is 10.2. The molecule has 2 N–H and O–H groups in total. The lowest BCUT2D eigenvalue weighted by molar-refractivity contribution is -0.131. The number of ether oxygens (including phenoxy) is 2. The molecule has 188 valence electrons. The van der Waals surface area contributed by atoms with Gasteiger partial charge in [0.15, 0.2) is 11.5 Å². The van der Waals surface area contributed by atoms with E-state index in [4.69, 9.17) is 9.47 Å². The van der Waals surface area contributed by atoms with E-state index in [2.05, 4.69) is 30.5 Å². The summed E-state index contributed by atoms with van der Waals surface area (Å²) in [6, 6.07) is 10.3. The van der Waals surface area contributed by atoms with E-state index in [0.29, 0.717) is 55.2 Å². The monoisotopic (exact) mass is 491 g/mol. The van der Waals surface area contributed by atoms with Crippen LogP contribution in [0.1, 0.15) is 12.0 Å². The van der Waals surface area contributed by atoms with E-state index in [0.717, 1.165) is 5.56 Å². The van der Waals surface area contributed by atoms with Gasteiger partial charge in [-0.2, -0.15) is 0 Å². The number of hydrogen-bond acceptors (Lipinski definition) is 8. The Balaban J connectivity index is 1.17. The fourth-order valence-electron chi connectivity index (χ4n) is 3.71. The first-order valence-electron chi connectivity index (χ1n) is 11.6. The highest BCUT2D eigenvalue weighted by Crippen LogP contribution is 2.31. The number of aryl methyl sites for hydroxylation is 1. The first-order valence-corrected chi connectivity index (χ1v) is 11.6. The summed E-state index contributed by atoms with van der Waals surface area (Å²) in [7, 11) is 1.58. The van der Waals surface area contributed by atoms with Gasteiger partial charge in [0.1, 0.15) is 0 Å². The molecule has 2 aromatic heterocycles. The Morgan fingerprint density at radius 2 is 1.78 bits per heavy atom. The molecule has 0 aliphatic carbocycles. The highest BCUT2D eigenvalue weighted by Gasteiger charge is 2.22. The molecule has 3 heterocycles. The number of anilines is 2. The fourth-order valence-corrected chi connectivity index (χ4v) is 3.71. The van der Waals surface area contributed by atoms with Crippen molar-refractivity contribution in [3.63, 3.8) is 0 Å². The van der Waals surface area contributed by atoms with Gasteiger partial charge in [-0.05, 0) is 36.8 Å². The van der Waals surface area contributed by atoms with Gasteiger partial charge < -0.3 is 29.9 Å². The molecule has 11 nitrogen and oxygen atoms in total. The molecule has 1 aliphatic heterocycles. The van der Waals surface area contributed by atoms with Gasteiger partial charge in [0.2, 0.25) is 17.7 Å². The van der Waals surface area contributed by atoms with Gasteiger partial charge in [-0.1, -0.05) is 6.07 Å². The van der Waals surface area contributed by atoms with Crippen molar-refractivity contribution in [3.05, 3.63) is 60.6 Å². The van der Waals surface area contributed by atoms with Crippen molar-refractivity contribution in [2.75, 3.05) is 50.1 Å². The van der Waals surface area contributed by atoms with E-state index in [1.54, 1.807) is 42.6 Å². The average molecular weight is 492 g/mol. The van der Waals surface area contributed by atoms with E-state index in [9.17, 15) is 9.59 Å². The summed E-state index contributed by atoms with van der Waals surface area (Å²) in [4.78, 5) is 41.3. The SMILES string of the molecule is COc1cc(C)ccc1Oc1ccc(NC(=O)NCCC(=O)N2CCN(c3ncccn3)CC2)cn1. The first kappa shape index (κ1) is 24.7. The molecule has 0 unspecified atom stereocenters. The third-order valence-corrected chi connectivity index (χ3v) is 5.62. The summed E-state index contributed by atoms with van der Waals surface area (Å²) in [5.41, 5.74) is 1.56. The first-order chi connectivity index (χ1) is 17.5. The van der Waals surface area contributed by atoms with Gasteiger partial charge in [-0.15, -0.1) is 0 Å². The standard InChI is InChI=1S/C25H29N7O4/c1-18-4-6-20(21(16-18)35-2)36-22-7-5-19(17-29-22)30-25(34)28-11-8-23(33)31-12-14-32(15-13-31)24-26-9-3-10-27-24/h3-7,9-10,16-17H,8,11-15H2,1-2H3,(H2,28,30,34). The Morgan fingerprint density at radius 3 is 2.47 bits per heavy atom. The molecule has 3 amide bonds. The molecule has 1 fully saturated rings. The maximum atomic E-state index is 12.5. The van der Waals surface area contributed by atoms with Crippen molar-refractivity contribution in [2.24, 2.45) is 0 Å². The number of nitrogens with one attached hydrogen (secondary N) is 2. The van der Waals surface area contributed by atoms with Crippen LogP contribution in [-0.2, 0) is 4.79 Å². The third-order valence-electron chi connectivity index (χ3n) is 5.62. The number of carbonyl (C=O) groups excluding carboxylic acids is 2. The largest absolute Gasteiger partial charge is 0.493 e. The van der Waals surface area contributed by atoms with Crippen molar-refractivity contribution in [3.8, 4) is 17.4 Å². The van der Waals surface area contributed by atoms with E-state index in [-0.39, 0.29) is 18.9 Å². The van der Waals surface area contributed by atoms with Crippen LogP contribution in [0.15, 0.2) is 55.0 Å². The fraction of sp³-hybridized carbons (Fsp3) is 0.320. The second kappa shape index (κ2) is 11.8. The van der Waals surface area contributed by atoms with Gasteiger partial charge >= 0.3 is 6.03 Å². The van der Waals surface area contributed by atoms with Gasteiger partial charge in [0.25, 0.3) is 0 Å². The third kappa shape index (κ3) is 6.59. The molecule has 1 aromatic carbocycles. The Hall–Kier alpha value is -4.41. The summed E-state index contributed by atoms with van der Waals surface area (Å²) < 4.78 is 11.1. The molecule has 36 heavy (non-hydrogen) atoms. The normalized spacial score (nSPS) is 13.2.